The number of likely N-dealkylation sites (N-methyl/N-ethyl adjacent to an activating group) is 1. The molecule has 0 aliphatic carbocycles. The highest BCUT2D eigenvalue weighted by Crippen LogP contribution is 2.16. The Hall–Kier alpha value is -2.51. The first-order chi connectivity index (χ1) is 9.88. The van der Waals surface area contributed by atoms with Crippen LogP contribution < -0.4 is 10.6 Å². The van der Waals surface area contributed by atoms with Gasteiger partial charge in [-0.1, -0.05) is 0 Å². The summed E-state index contributed by atoms with van der Waals surface area (Å²) in [6.45, 7) is 1.70. The van der Waals surface area contributed by atoms with Gasteiger partial charge in [0.15, 0.2) is 0 Å². The van der Waals surface area contributed by atoms with Crippen molar-refractivity contribution in [2.24, 2.45) is 0 Å². The fraction of sp³-hybridized carbons (Fsp3) is 0.462. The van der Waals surface area contributed by atoms with E-state index in [0.717, 1.165) is 0 Å². The summed E-state index contributed by atoms with van der Waals surface area (Å²) in [6, 6.07) is 1.11. The molecule has 1 heterocycles. The fourth-order valence-corrected chi connectivity index (χ4v) is 1.64. The lowest BCUT2D eigenvalue weighted by Crippen LogP contribution is -2.41. The third-order valence-electron chi connectivity index (χ3n) is 2.82. The molecule has 0 spiro atoms. The zero-order valence-corrected chi connectivity index (χ0v) is 12.5. The number of rotatable bonds is 5. The molecule has 0 aliphatic rings. The van der Waals surface area contributed by atoms with Crippen molar-refractivity contribution >= 4 is 17.9 Å². The molecule has 0 aliphatic heterocycles. The Bertz CT molecular complexity index is 538. The summed E-state index contributed by atoms with van der Waals surface area (Å²) in [4.78, 5) is 35.6. The Kier molecular flexibility index (Phi) is 5.77. The molecular formula is C13H19N3O5. The van der Waals surface area contributed by atoms with E-state index in [0.29, 0.717) is 17.1 Å². The molecule has 1 aromatic heterocycles. The second-order valence-corrected chi connectivity index (χ2v) is 4.36. The topological polar surface area (TPSA) is 101 Å². The quantitative estimate of drug-likeness (QED) is 0.759. The van der Waals surface area contributed by atoms with E-state index < -0.39 is 12.0 Å². The average Bonchev–Trinajstić information content (AvgIpc) is 2.83. The molecule has 0 radical (unpaired) electrons. The van der Waals surface area contributed by atoms with Gasteiger partial charge in [0.1, 0.15) is 17.1 Å². The molecule has 8 nitrogen and oxygen atoms in total. The summed E-state index contributed by atoms with van der Waals surface area (Å²) in [5, 5.41) is 4.74. The van der Waals surface area contributed by atoms with Gasteiger partial charge in [0.25, 0.3) is 0 Å². The first-order valence-electron chi connectivity index (χ1n) is 6.26. The zero-order chi connectivity index (χ0) is 16.0. The molecule has 0 atom stereocenters. The van der Waals surface area contributed by atoms with Crippen molar-refractivity contribution in [1.82, 2.24) is 15.5 Å². The van der Waals surface area contributed by atoms with E-state index in [1.165, 1.54) is 25.1 Å². The summed E-state index contributed by atoms with van der Waals surface area (Å²) in [5.74, 6) is 0.120. The number of esters is 1. The standard InChI is InChI=1S/C13H19N3O5/c1-8-10(12(18)20-4)5-9(21-8)7-16(3)11(17)6-15-13(19)14-2/h5H,6-7H2,1-4H3,(H2,14,15,19). The number of carbonyl (C=O) groups excluding carboxylic acids is 3. The van der Waals surface area contributed by atoms with E-state index in [2.05, 4.69) is 15.4 Å². The van der Waals surface area contributed by atoms with Crippen LogP contribution in [-0.2, 0) is 16.1 Å². The van der Waals surface area contributed by atoms with Crippen molar-refractivity contribution in [1.29, 1.82) is 0 Å². The first-order valence-corrected chi connectivity index (χ1v) is 6.26. The predicted octanol–water partition coefficient (Wildman–Crippen LogP) is 0.262. The van der Waals surface area contributed by atoms with Crippen LogP contribution >= 0.6 is 0 Å². The second-order valence-electron chi connectivity index (χ2n) is 4.36. The van der Waals surface area contributed by atoms with E-state index in [1.807, 2.05) is 0 Å². The van der Waals surface area contributed by atoms with Crippen LogP contribution in [0, 0.1) is 6.92 Å². The number of carbonyl (C=O) groups is 3. The highest BCUT2D eigenvalue weighted by atomic mass is 16.5. The molecule has 0 fully saturated rings. The van der Waals surface area contributed by atoms with Crippen molar-refractivity contribution in [3.63, 3.8) is 0 Å². The van der Waals surface area contributed by atoms with Crippen LogP contribution in [0.25, 0.3) is 0 Å². The molecule has 0 aromatic carbocycles. The van der Waals surface area contributed by atoms with Gasteiger partial charge in [-0.25, -0.2) is 9.59 Å². The summed E-state index contributed by atoms with van der Waals surface area (Å²) < 4.78 is 10.0. The Morgan fingerprint density at radius 2 is 2.05 bits per heavy atom. The molecule has 8 heteroatoms. The minimum absolute atomic E-state index is 0.125. The lowest BCUT2D eigenvalue weighted by Gasteiger charge is -2.15. The largest absolute Gasteiger partial charge is 0.465 e. The van der Waals surface area contributed by atoms with E-state index in [-0.39, 0.29) is 19.0 Å². The number of ether oxygens (including phenoxy) is 1. The summed E-state index contributed by atoms with van der Waals surface area (Å²) >= 11 is 0. The number of urea groups is 1. The van der Waals surface area contributed by atoms with Gasteiger partial charge < -0.3 is 24.7 Å². The van der Waals surface area contributed by atoms with Gasteiger partial charge in [-0.2, -0.15) is 0 Å². The number of nitrogens with zero attached hydrogens (tertiary/aromatic N) is 1. The normalized spacial score (nSPS) is 9.90. The third-order valence-corrected chi connectivity index (χ3v) is 2.82. The van der Waals surface area contributed by atoms with Crippen molar-refractivity contribution in [3.05, 3.63) is 23.2 Å². The van der Waals surface area contributed by atoms with Crippen LogP contribution in [0.1, 0.15) is 21.9 Å². The monoisotopic (exact) mass is 297 g/mol. The van der Waals surface area contributed by atoms with Crippen LogP contribution in [-0.4, -0.2) is 50.6 Å². The lowest BCUT2D eigenvalue weighted by molar-refractivity contribution is -0.129. The van der Waals surface area contributed by atoms with Crippen LogP contribution in [0.2, 0.25) is 0 Å². The van der Waals surface area contributed by atoms with Gasteiger partial charge in [0.2, 0.25) is 5.91 Å². The Morgan fingerprint density at radius 1 is 1.38 bits per heavy atom. The maximum atomic E-state index is 11.8. The van der Waals surface area contributed by atoms with Crippen LogP contribution in [0.4, 0.5) is 4.79 Å². The highest BCUT2D eigenvalue weighted by molar-refractivity contribution is 5.90. The van der Waals surface area contributed by atoms with Gasteiger partial charge in [-0.3, -0.25) is 4.79 Å². The maximum absolute atomic E-state index is 11.8. The highest BCUT2D eigenvalue weighted by Gasteiger charge is 2.18. The zero-order valence-electron chi connectivity index (χ0n) is 12.5. The molecule has 21 heavy (non-hydrogen) atoms. The van der Waals surface area contributed by atoms with Crippen LogP contribution in [0.3, 0.4) is 0 Å². The van der Waals surface area contributed by atoms with Crippen LogP contribution in [0.5, 0.6) is 0 Å². The Labute approximate surface area is 122 Å². The molecule has 0 unspecified atom stereocenters. The van der Waals surface area contributed by atoms with E-state index >= 15 is 0 Å². The number of methoxy groups -OCH3 is 1. The lowest BCUT2D eigenvalue weighted by atomic mass is 10.2. The molecule has 0 saturated carbocycles. The summed E-state index contributed by atoms with van der Waals surface area (Å²) in [6.07, 6.45) is 0. The molecule has 0 bridgehead atoms. The number of hydrogen-bond donors (Lipinski definition) is 2. The SMILES string of the molecule is CNC(=O)NCC(=O)N(C)Cc1cc(C(=O)OC)c(C)o1. The Balaban J connectivity index is 2.62. The van der Waals surface area contributed by atoms with Gasteiger partial charge >= 0.3 is 12.0 Å². The van der Waals surface area contributed by atoms with Crippen molar-refractivity contribution in [3.8, 4) is 0 Å². The Morgan fingerprint density at radius 3 is 2.62 bits per heavy atom. The van der Waals surface area contributed by atoms with E-state index in [9.17, 15) is 14.4 Å². The summed E-state index contributed by atoms with van der Waals surface area (Å²) in [5.41, 5.74) is 0.330. The molecule has 1 aromatic rings. The number of furan rings is 1. The number of amides is 3. The van der Waals surface area contributed by atoms with Gasteiger partial charge in [-0.05, 0) is 13.0 Å². The van der Waals surface area contributed by atoms with Gasteiger partial charge in [0, 0.05) is 14.1 Å². The van der Waals surface area contributed by atoms with Gasteiger partial charge in [-0.15, -0.1) is 0 Å². The van der Waals surface area contributed by atoms with Gasteiger partial charge in [0.05, 0.1) is 20.2 Å². The number of nitrogens with one attached hydrogen (secondary N) is 2. The molecule has 1 rings (SSSR count). The van der Waals surface area contributed by atoms with Crippen molar-refractivity contribution < 1.29 is 23.5 Å². The van der Waals surface area contributed by atoms with E-state index in [1.54, 1.807) is 14.0 Å². The third kappa shape index (κ3) is 4.51. The van der Waals surface area contributed by atoms with Crippen molar-refractivity contribution in [2.75, 3.05) is 27.7 Å². The minimum atomic E-state index is -0.488. The predicted molar refractivity (Wildman–Crippen MR) is 73.7 cm³/mol. The first kappa shape index (κ1) is 16.5. The van der Waals surface area contributed by atoms with E-state index in [4.69, 9.17) is 4.42 Å². The van der Waals surface area contributed by atoms with Crippen molar-refractivity contribution in [2.45, 2.75) is 13.5 Å². The molecule has 116 valence electrons. The average molecular weight is 297 g/mol. The number of hydrogen-bond acceptors (Lipinski definition) is 5. The number of aryl methyl sites for hydroxylation is 1. The minimum Gasteiger partial charge on any atom is -0.465 e. The van der Waals surface area contributed by atoms with Crippen LogP contribution in [0.15, 0.2) is 10.5 Å². The summed E-state index contributed by atoms with van der Waals surface area (Å²) in [7, 11) is 4.32. The molecule has 2 N–H and O–H groups in total. The molecule has 3 amide bonds. The molecule has 0 saturated heterocycles. The second kappa shape index (κ2) is 7.32. The maximum Gasteiger partial charge on any atom is 0.341 e. The molecular weight excluding hydrogens is 278 g/mol. The smallest absolute Gasteiger partial charge is 0.341 e. The fourth-order valence-electron chi connectivity index (χ4n) is 1.64.